The molecule has 0 saturated heterocycles. The van der Waals surface area contributed by atoms with Crippen molar-refractivity contribution >= 4 is 39.5 Å². The van der Waals surface area contributed by atoms with Crippen LogP contribution in [0.5, 0.6) is 11.5 Å². The van der Waals surface area contributed by atoms with Gasteiger partial charge in [-0.15, -0.1) is 0 Å². The maximum atomic E-state index is 13.0. The summed E-state index contributed by atoms with van der Waals surface area (Å²) < 4.78 is 21.1. The molecule has 3 N–H and O–H groups in total. The van der Waals surface area contributed by atoms with Crippen LogP contribution in [0.3, 0.4) is 0 Å². The Hall–Kier alpha value is -3.84. The highest BCUT2D eigenvalue weighted by atomic mass is 32.3. The van der Waals surface area contributed by atoms with Crippen LogP contribution in [-0.2, 0) is 22.7 Å². The Morgan fingerprint density at radius 1 is 1.00 bits per heavy atom. The van der Waals surface area contributed by atoms with Gasteiger partial charge < -0.3 is 28.5 Å². The third-order valence-electron chi connectivity index (χ3n) is 4.59. The molecule has 2 aliphatic heterocycles. The van der Waals surface area contributed by atoms with Crippen LogP contribution in [0.2, 0.25) is 0 Å². The zero-order chi connectivity index (χ0) is 25.6. The van der Waals surface area contributed by atoms with E-state index in [-0.39, 0.29) is 22.5 Å². The largest absolute Gasteiger partial charge is 0.493 e. The van der Waals surface area contributed by atoms with Crippen molar-refractivity contribution in [2.75, 3.05) is 27.3 Å². The minimum absolute atomic E-state index is 0.155. The number of rotatable bonds is 8. The summed E-state index contributed by atoms with van der Waals surface area (Å²) in [5, 5.41) is 9.19. The molecule has 0 fully saturated rings. The zero-order valence-electron chi connectivity index (χ0n) is 19.6. The molecule has 0 aromatic heterocycles. The smallest absolute Gasteiger partial charge is 0.354 e. The van der Waals surface area contributed by atoms with Crippen LogP contribution in [0.1, 0.15) is 24.2 Å². The number of amides is 2. The van der Waals surface area contributed by atoms with Gasteiger partial charge in [-0.3, -0.25) is 14.9 Å². The molecule has 2 heterocycles. The molecule has 0 bridgehead atoms. The maximum Gasteiger partial charge on any atom is 0.354 e. The first-order chi connectivity index (χ1) is 16.7. The molecule has 0 aliphatic carbocycles. The molecule has 1 aromatic carbocycles. The quantitative estimate of drug-likeness (QED) is 0.439. The molecular formula is C22H26N4O8S. The van der Waals surface area contributed by atoms with Crippen LogP contribution in [-0.4, -0.2) is 62.3 Å². The number of carbonyl (C=O) groups excluding carboxylic acids is 4. The maximum absolute atomic E-state index is 13.0. The minimum Gasteiger partial charge on any atom is -0.493 e. The van der Waals surface area contributed by atoms with E-state index in [2.05, 4.69) is 20.9 Å². The van der Waals surface area contributed by atoms with E-state index in [1.165, 1.54) is 32.4 Å². The van der Waals surface area contributed by atoms with Gasteiger partial charge in [0.15, 0.2) is 11.5 Å². The number of ether oxygens (including phenoxy) is 2. The molecule has 2 aliphatic rings. The predicted molar refractivity (Wildman–Crippen MR) is 128 cm³/mol. The Morgan fingerprint density at radius 2 is 1.66 bits per heavy atom. The molecule has 13 heteroatoms. The molecule has 1 aromatic rings. The Bertz CT molecular complexity index is 1110. The van der Waals surface area contributed by atoms with E-state index >= 15 is 0 Å². The molecule has 3 rings (SSSR count). The Kier molecular flexibility index (Phi) is 8.14. The molecular weight excluding hydrogens is 480 g/mol. The average molecular weight is 507 g/mol. The second-order valence-electron chi connectivity index (χ2n) is 7.49. The summed E-state index contributed by atoms with van der Waals surface area (Å²) >= 11 is 0. The lowest BCUT2D eigenvalue weighted by molar-refractivity contribution is -0.129. The van der Waals surface area contributed by atoms with Crippen LogP contribution in [0.4, 0.5) is 0 Å². The van der Waals surface area contributed by atoms with Crippen LogP contribution in [0, 0.1) is 0 Å². The van der Waals surface area contributed by atoms with Gasteiger partial charge in [-0.1, -0.05) is 13.8 Å². The normalized spacial score (nSPS) is 17.1. The summed E-state index contributed by atoms with van der Waals surface area (Å²) in [6, 6.07) is 4.68. The van der Waals surface area contributed by atoms with Gasteiger partial charge in [0.05, 0.1) is 19.6 Å². The highest BCUT2D eigenvalue weighted by Crippen LogP contribution is 2.58. The van der Waals surface area contributed by atoms with Crippen molar-refractivity contribution in [3.8, 4) is 11.5 Å². The molecule has 2 amide bonds. The van der Waals surface area contributed by atoms with Crippen LogP contribution >= 0.6 is 10.6 Å². The number of nitrogens with one attached hydrogen (secondary N) is 3. The van der Waals surface area contributed by atoms with Crippen molar-refractivity contribution in [3.05, 3.63) is 47.0 Å². The second kappa shape index (κ2) is 11.1. The molecule has 0 saturated carbocycles. The summed E-state index contributed by atoms with van der Waals surface area (Å²) in [6.07, 6.45) is 1.78. The SMILES string of the molecule is COc1ccc(C(=O)NC2=NC(C(=O)NCCNC(C)C)=CS23OC(=O)C=CC(=O)O3)cc1OC. The van der Waals surface area contributed by atoms with E-state index in [9.17, 15) is 19.2 Å². The number of methoxy groups -OCH3 is 2. The van der Waals surface area contributed by atoms with E-state index in [0.29, 0.717) is 24.6 Å². The second-order valence-corrected chi connectivity index (χ2v) is 9.54. The van der Waals surface area contributed by atoms with Gasteiger partial charge in [-0.2, -0.15) is 0 Å². The molecule has 0 radical (unpaired) electrons. The third kappa shape index (κ3) is 6.19. The highest BCUT2D eigenvalue weighted by molar-refractivity contribution is 8.41. The van der Waals surface area contributed by atoms with Crippen molar-refractivity contribution in [3.63, 3.8) is 0 Å². The summed E-state index contributed by atoms with van der Waals surface area (Å²) in [7, 11) is -0.470. The Labute approximate surface area is 203 Å². The van der Waals surface area contributed by atoms with Crippen LogP contribution in [0.25, 0.3) is 0 Å². The number of carbonyl (C=O) groups is 4. The monoisotopic (exact) mass is 506 g/mol. The van der Waals surface area contributed by atoms with Gasteiger partial charge in [0.25, 0.3) is 11.8 Å². The van der Waals surface area contributed by atoms with Gasteiger partial charge in [0.2, 0.25) is 5.17 Å². The standard InChI is InChI=1S/C22H26N4O8S/c1-13(2)23-9-10-24-21(30)15-12-35(33-18(27)7-8-19(28)34-35)22(25-15)26-20(29)14-5-6-16(31-3)17(11-14)32-4/h5-8,11-13,23H,9-10H2,1-4H3,(H,24,30)(H,25,26,29). The molecule has 0 atom stereocenters. The fraction of sp³-hybridized carbons (Fsp3) is 0.318. The summed E-state index contributed by atoms with van der Waals surface area (Å²) in [5.74, 6) is -2.33. The van der Waals surface area contributed by atoms with E-state index in [4.69, 9.17) is 17.8 Å². The molecule has 188 valence electrons. The lowest BCUT2D eigenvalue weighted by Crippen LogP contribution is -2.35. The van der Waals surface area contributed by atoms with Gasteiger partial charge in [0.1, 0.15) is 5.70 Å². The van der Waals surface area contributed by atoms with E-state index in [0.717, 1.165) is 17.6 Å². The minimum atomic E-state index is -3.35. The lowest BCUT2D eigenvalue weighted by Gasteiger charge is -2.34. The first-order valence-electron chi connectivity index (χ1n) is 10.5. The predicted octanol–water partition coefficient (Wildman–Crippen LogP) is 1.05. The zero-order valence-corrected chi connectivity index (χ0v) is 20.4. The summed E-state index contributed by atoms with van der Waals surface area (Å²) in [6.45, 7) is 4.74. The fourth-order valence-electron chi connectivity index (χ4n) is 2.96. The van der Waals surface area contributed by atoms with Crippen molar-refractivity contribution in [1.29, 1.82) is 0 Å². The van der Waals surface area contributed by atoms with Crippen LogP contribution in [0.15, 0.2) is 46.4 Å². The molecule has 0 unspecified atom stereocenters. The Morgan fingerprint density at radius 3 is 2.26 bits per heavy atom. The number of aliphatic imine (C=N–C) groups is 1. The van der Waals surface area contributed by atoms with Crippen LogP contribution < -0.4 is 25.4 Å². The fourth-order valence-corrected chi connectivity index (χ4v) is 4.87. The number of hydrogen-bond donors (Lipinski definition) is 3. The third-order valence-corrected chi connectivity index (χ3v) is 6.68. The lowest BCUT2D eigenvalue weighted by atomic mass is 10.2. The number of hydrogen-bond acceptors (Lipinski definition) is 10. The van der Waals surface area contributed by atoms with Gasteiger partial charge in [-0.05, 0) is 28.8 Å². The van der Waals surface area contributed by atoms with Crippen molar-refractivity contribution < 1.29 is 37.0 Å². The number of nitrogens with zero attached hydrogens (tertiary/aromatic N) is 1. The average Bonchev–Trinajstić information content (AvgIpc) is 3.08. The highest BCUT2D eigenvalue weighted by Gasteiger charge is 2.41. The number of amidine groups is 1. The molecule has 12 nitrogen and oxygen atoms in total. The summed E-state index contributed by atoms with van der Waals surface area (Å²) in [4.78, 5) is 54.1. The first-order valence-corrected chi connectivity index (χ1v) is 12.1. The van der Waals surface area contributed by atoms with E-state index < -0.39 is 34.3 Å². The van der Waals surface area contributed by atoms with E-state index in [1.54, 1.807) is 0 Å². The molecule has 1 spiro atoms. The topological polar surface area (TPSA) is 154 Å². The number of benzene rings is 1. The summed E-state index contributed by atoms with van der Waals surface area (Å²) in [5.41, 5.74) is -0.0170. The Balaban J connectivity index is 1.87. The van der Waals surface area contributed by atoms with Crippen molar-refractivity contribution in [2.45, 2.75) is 19.9 Å². The van der Waals surface area contributed by atoms with Gasteiger partial charge >= 0.3 is 11.9 Å². The van der Waals surface area contributed by atoms with Crippen molar-refractivity contribution in [2.24, 2.45) is 4.99 Å². The van der Waals surface area contributed by atoms with Crippen molar-refractivity contribution in [1.82, 2.24) is 16.0 Å². The van der Waals surface area contributed by atoms with Gasteiger partial charge in [0, 0.05) is 36.8 Å². The van der Waals surface area contributed by atoms with E-state index in [1.807, 2.05) is 13.8 Å². The first kappa shape index (κ1) is 25.8. The van der Waals surface area contributed by atoms with Gasteiger partial charge in [-0.25, -0.2) is 14.6 Å². The molecule has 35 heavy (non-hydrogen) atoms.